The van der Waals surface area contributed by atoms with Crippen molar-refractivity contribution in [2.45, 2.75) is 13.8 Å². The van der Waals surface area contributed by atoms with Crippen LogP contribution < -0.4 is 5.32 Å². The van der Waals surface area contributed by atoms with Gasteiger partial charge in [0.25, 0.3) is 0 Å². The molecule has 0 atom stereocenters. The average Bonchev–Trinajstić information content (AvgIpc) is 2.29. The number of carbonyl (C=O) groups excluding carboxylic acids is 1. The van der Waals surface area contributed by atoms with Gasteiger partial charge in [0.05, 0.1) is 11.6 Å². The van der Waals surface area contributed by atoms with Crippen LogP contribution in [0.15, 0.2) is 12.3 Å². The lowest BCUT2D eigenvalue weighted by atomic mass is 10.4. The summed E-state index contributed by atoms with van der Waals surface area (Å²) in [6.07, 6.45) is 1.33. The van der Waals surface area contributed by atoms with Gasteiger partial charge in [-0.05, 0) is 19.9 Å². The summed E-state index contributed by atoms with van der Waals surface area (Å²) in [5.74, 6) is -0.620. The minimum Gasteiger partial charge on any atom is -0.359 e. The molecule has 1 aromatic heterocycles. The normalized spacial score (nSPS) is 10.1. The van der Waals surface area contributed by atoms with E-state index in [1.165, 1.54) is 6.20 Å². The average molecular weight is 260 g/mol. The summed E-state index contributed by atoms with van der Waals surface area (Å²) >= 11 is 5.57. The number of likely N-dealkylation sites (N-methyl/N-ethyl adjacent to an activating group) is 1. The number of rotatable bonds is 5. The Morgan fingerprint density at radius 1 is 1.53 bits per heavy atom. The number of halogens is 2. The van der Waals surface area contributed by atoms with Crippen molar-refractivity contribution in [3.05, 3.63) is 23.1 Å². The molecule has 1 aromatic rings. The van der Waals surface area contributed by atoms with Gasteiger partial charge in [0.15, 0.2) is 11.6 Å². The van der Waals surface area contributed by atoms with Crippen LogP contribution in [-0.4, -0.2) is 35.4 Å². The van der Waals surface area contributed by atoms with E-state index in [1.54, 1.807) is 4.90 Å². The molecule has 0 unspecified atom stereocenters. The van der Waals surface area contributed by atoms with E-state index in [0.29, 0.717) is 13.1 Å². The third-order valence-electron chi connectivity index (χ3n) is 2.33. The fraction of sp³-hybridized carbons (Fsp3) is 0.455. The highest BCUT2D eigenvalue weighted by Crippen LogP contribution is 2.15. The molecule has 6 heteroatoms. The molecule has 1 N–H and O–H groups in total. The minimum absolute atomic E-state index is 0.0211. The van der Waals surface area contributed by atoms with Crippen molar-refractivity contribution in [1.29, 1.82) is 0 Å². The third-order valence-corrected chi connectivity index (χ3v) is 2.54. The molecule has 0 saturated carbocycles. The van der Waals surface area contributed by atoms with E-state index in [2.05, 4.69) is 10.3 Å². The molecule has 0 aliphatic heterocycles. The van der Waals surface area contributed by atoms with Crippen molar-refractivity contribution in [2.24, 2.45) is 0 Å². The first-order valence-corrected chi connectivity index (χ1v) is 5.79. The fourth-order valence-corrected chi connectivity index (χ4v) is 1.54. The molecular formula is C11H15ClFN3O. The highest BCUT2D eigenvalue weighted by Gasteiger charge is 2.11. The Kier molecular flexibility index (Phi) is 5.15. The van der Waals surface area contributed by atoms with Crippen molar-refractivity contribution < 1.29 is 9.18 Å². The van der Waals surface area contributed by atoms with Gasteiger partial charge in [0, 0.05) is 19.3 Å². The summed E-state index contributed by atoms with van der Waals surface area (Å²) in [6, 6.07) is 1.15. The van der Waals surface area contributed by atoms with Gasteiger partial charge < -0.3 is 10.2 Å². The van der Waals surface area contributed by atoms with Crippen LogP contribution >= 0.6 is 11.6 Å². The molecular weight excluding hydrogens is 245 g/mol. The van der Waals surface area contributed by atoms with Crippen LogP contribution in [0.1, 0.15) is 13.8 Å². The zero-order chi connectivity index (χ0) is 12.8. The number of nitrogens with zero attached hydrogens (tertiary/aromatic N) is 2. The first-order chi connectivity index (χ1) is 8.08. The maximum absolute atomic E-state index is 13.3. The van der Waals surface area contributed by atoms with Crippen molar-refractivity contribution in [2.75, 3.05) is 25.0 Å². The molecule has 0 bridgehead atoms. The number of pyridine rings is 1. The molecule has 4 nitrogen and oxygen atoms in total. The van der Waals surface area contributed by atoms with Crippen LogP contribution in [0, 0.1) is 5.82 Å². The Morgan fingerprint density at radius 2 is 2.18 bits per heavy atom. The van der Waals surface area contributed by atoms with E-state index in [-0.39, 0.29) is 23.3 Å². The van der Waals surface area contributed by atoms with E-state index >= 15 is 0 Å². The molecule has 0 aromatic carbocycles. The minimum atomic E-state index is -0.565. The van der Waals surface area contributed by atoms with Crippen LogP contribution in [0.5, 0.6) is 0 Å². The summed E-state index contributed by atoms with van der Waals surface area (Å²) < 4.78 is 13.3. The molecule has 1 rings (SSSR count). The monoisotopic (exact) mass is 259 g/mol. The van der Waals surface area contributed by atoms with Gasteiger partial charge in [-0.3, -0.25) is 4.79 Å². The number of hydrogen-bond acceptors (Lipinski definition) is 3. The number of amides is 1. The van der Waals surface area contributed by atoms with Crippen LogP contribution in [-0.2, 0) is 4.79 Å². The first-order valence-electron chi connectivity index (χ1n) is 5.41. The third kappa shape index (κ3) is 3.85. The fourth-order valence-electron chi connectivity index (χ4n) is 1.39. The summed E-state index contributed by atoms with van der Waals surface area (Å²) in [4.78, 5) is 17.1. The van der Waals surface area contributed by atoms with Crippen molar-refractivity contribution in [3.8, 4) is 0 Å². The van der Waals surface area contributed by atoms with Gasteiger partial charge in [-0.2, -0.15) is 0 Å². The Morgan fingerprint density at radius 3 is 2.71 bits per heavy atom. The number of aromatic nitrogens is 1. The second-order valence-electron chi connectivity index (χ2n) is 3.40. The Labute approximate surface area is 105 Å². The summed E-state index contributed by atoms with van der Waals surface area (Å²) in [5.41, 5.74) is 0. The van der Waals surface area contributed by atoms with Gasteiger partial charge in [0.2, 0.25) is 5.91 Å². The van der Waals surface area contributed by atoms with Crippen molar-refractivity contribution in [3.63, 3.8) is 0 Å². The summed E-state index contributed by atoms with van der Waals surface area (Å²) in [6.45, 7) is 5.07. The Balaban J connectivity index is 2.58. The molecule has 0 radical (unpaired) electrons. The highest BCUT2D eigenvalue weighted by molar-refractivity contribution is 6.30. The Hall–Kier alpha value is -1.36. The molecule has 1 heterocycles. The molecule has 0 fully saturated rings. The van der Waals surface area contributed by atoms with Crippen LogP contribution in [0.4, 0.5) is 10.2 Å². The highest BCUT2D eigenvalue weighted by atomic mass is 35.5. The predicted molar refractivity (Wildman–Crippen MR) is 65.6 cm³/mol. The lowest BCUT2D eigenvalue weighted by Gasteiger charge is -2.18. The first kappa shape index (κ1) is 13.7. The van der Waals surface area contributed by atoms with Crippen LogP contribution in [0.2, 0.25) is 5.02 Å². The van der Waals surface area contributed by atoms with E-state index in [9.17, 15) is 9.18 Å². The molecule has 0 aliphatic rings. The van der Waals surface area contributed by atoms with E-state index in [1.807, 2.05) is 13.8 Å². The molecule has 0 saturated heterocycles. The smallest absolute Gasteiger partial charge is 0.241 e. The predicted octanol–water partition coefficient (Wildman–Crippen LogP) is 2.15. The largest absolute Gasteiger partial charge is 0.359 e. The van der Waals surface area contributed by atoms with E-state index < -0.39 is 5.82 Å². The SMILES string of the molecule is CCN(CC)C(=O)CNc1ncc(Cl)cc1F. The number of anilines is 1. The zero-order valence-electron chi connectivity index (χ0n) is 9.83. The molecule has 17 heavy (non-hydrogen) atoms. The van der Waals surface area contributed by atoms with Crippen molar-refractivity contribution in [1.82, 2.24) is 9.88 Å². The molecule has 1 amide bonds. The second kappa shape index (κ2) is 6.39. The quantitative estimate of drug-likeness (QED) is 0.881. The number of hydrogen-bond donors (Lipinski definition) is 1. The van der Waals surface area contributed by atoms with Gasteiger partial charge in [-0.15, -0.1) is 0 Å². The van der Waals surface area contributed by atoms with Crippen molar-refractivity contribution >= 4 is 23.3 Å². The lowest BCUT2D eigenvalue weighted by Crippen LogP contribution is -2.35. The summed E-state index contributed by atoms with van der Waals surface area (Å²) in [7, 11) is 0. The number of carbonyl (C=O) groups is 1. The van der Waals surface area contributed by atoms with Gasteiger partial charge in [-0.25, -0.2) is 9.37 Å². The standard InChI is InChI=1S/C11H15ClFN3O/c1-3-16(4-2)10(17)7-15-11-9(13)5-8(12)6-14-11/h5-6H,3-4,7H2,1-2H3,(H,14,15). The van der Waals surface area contributed by atoms with Gasteiger partial charge in [-0.1, -0.05) is 11.6 Å². The lowest BCUT2D eigenvalue weighted by molar-refractivity contribution is -0.128. The van der Waals surface area contributed by atoms with Gasteiger partial charge >= 0.3 is 0 Å². The van der Waals surface area contributed by atoms with Crippen LogP contribution in [0.3, 0.4) is 0 Å². The summed E-state index contributed by atoms with van der Waals surface area (Å²) in [5, 5.41) is 2.88. The topological polar surface area (TPSA) is 45.2 Å². The molecule has 94 valence electrons. The van der Waals surface area contributed by atoms with Crippen LogP contribution in [0.25, 0.3) is 0 Å². The molecule has 0 spiro atoms. The second-order valence-corrected chi connectivity index (χ2v) is 3.84. The maximum Gasteiger partial charge on any atom is 0.241 e. The van der Waals surface area contributed by atoms with Gasteiger partial charge in [0.1, 0.15) is 0 Å². The molecule has 0 aliphatic carbocycles. The Bertz CT molecular complexity index is 396. The maximum atomic E-state index is 13.3. The van der Waals surface area contributed by atoms with E-state index in [4.69, 9.17) is 11.6 Å². The van der Waals surface area contributed by atoms with E-state index in [0.717, 1.165) is 6.07 Å². The zero-order valence-corrected chi connectivity index (χ0v) is 10.6. The number of nitrogens with one attached hydrogen (secondary N) is 1.